The molecule has 15 heavy (non-hydrogen) atoms. The zero-order valence-electron chi connectivity index (χ0n) is 9.76. The molecule has 0 heterocycles. The van der Waals surface area contributed by atoms with Crippen LogP contribution in [-0.2, 0) is 0 Å². The molecule has 2 heteroatoms. The van der Waals surface area contributed by atoms with Crippen molar-refractivity contribution in [1.29, 1.82) is 0 Å². The summed E-state index contributed by atoms with van der Waals surface area (Å²) in [6.07, 6.45) is 2.37. The molecule has 0 aliphatic carbocycles. The lowest BCUT2D eigenvalue weighted by Gasteiger charge is -2.16. The molecule has 1 aromatic carbocycles. The summed E-state index contributed by atoms with van der Waals surface area (Å²) in [5.41, 5.74) is 8.45. The molecule has 1 atom stereocenters. The van der Waals surface area contributed by atoms with Crippen LogP contribution in [0.5, 0.6) is 0 Å². The van der Waals surface area contributed by atoms with Gasteiger partial charge >= 0.3 is 0 Å². The van der Waals surface area contributed by atoms with E-state index in [1.807, 2.05) is 6.92 Å². The molecule has 1 aromatic rings. The molecule has 0 radical (unpaired) electrons. The van der Waals surface area contributed by atoms with Crippen molar-refractivity contribution in [3.63, 3.8) is 0 Å². The normalized spacial score (nSPS) is 13.2. The summed E-state index contributed by atoms with van der Waals surface area (Å²) >= 11 is 3.64. The maximum atomic E-state index is 5.85. The molecule has 0 spiro atoms. The van der Waals surface area contributed by atoms with E-state index in [2.05, 4.69) is 48.0 Å². The Bertz CT molecular complexity index is 316. The van der Waals surface area contributed by atoms with Crippen molar-refractivity contribution in [3.8, 4) is 0 Å². The fourth-order valence-corrected chi connectivity index (χ4v) is 2.61. The molecular formula is C13H20BrN. The minimum absolute atomic E-state index is 0.108. The molecular weight excluding hydrogens is 250 g/mol. The van der Waals surface area contributed by atoms with Gasteiger partial charge in [-0.1, -0.05) is 41.9 Å². The summed E-state index contributed by atoms with van der Waals surface area (Å²) in [6.45, 7) is 6.48. The fourth-order valence-electron chi connectivity index (χ4n) is 1.89. The first-order valence-electron chi connectivity index (χ1n) is 5.65. The van der Waals surface area contributed by atoms with Gasteiger partial charge in [-0.25, -0.2) is 0 Å². The highest BCUT2D eigenvalue weighted by atomic mass is 79.9. The molecule has 0 aliphatic rings. The largest absolute Gasteiger partial charge is 0.324 e. The summed E-state index contributed by atoms with van der Waals surface area (Å²) in [5.74, 6) is 0.654. The van der Waals surface area contributed by atoms with Crippen molar-refractivity contribution in [2.24, 2.45) is 5.73 Å². The van der Waals surface area contributed by atoms with Crippen LogP contribution in [0.4, 0.5) is 0 Å². The molecule has 2 N–H and O–H groups in total. The predicted molar refractivity (Wildman–Crippen MR) is 70.1 cm³/mol. The zero-order chi connectivity index (χ0) is 11.4. The average Bonchev–Trinajstić information content (AvgIpc) is 2.21. The second-order valence-corrected chi connectivity index (χ2v) is 4.94. The second-order valence-electron chi connectivity index (χ2n) is 4.08. The minimum Gasteiger partial charge on any atom is -0.324 e. The van der Waals surface area contributed by atoms with Crippen LogP contribution >= 0.6 is 15.9 Å². The summed E-state index contributed by atoms with van der Waals surface area (Å²) < 4.78 is 1.20. The van der Waals surface area contributed by atoms with Gasteiger partial charge in [-0.3, -0.25) is 0 Å². The lowest BCUT2D eigenvalue weighted by molar-refractivity contribution is 0.638. The van der Waals surface area contributed by atoms with Gasteiger partial charge in [0.1, 0.15) is 0 Å². The Balaban J connectivity index is 3.02. The topological polar surface area (TPSA) is 26.0 Å². The Morgan fingerprint density at radius 2 is 1.87 bits per heavy atom. The van der Waals surface area contributed by atoms with Gasteiger partial charge in [-0.15, -0.1) is 0 Å². The summed E-state index contributed by atoms with van der Waals surface area (Å²) in [4.78, 5) is 0. The van der Waals surface area contributed by atoms with Gasteiger partial charge in [-0.05, 0) is 42.9 Å². The number of halogens is 1. The van der Waals surface area contributed by atoms with Gasteiger partial charge in [-0.2, -0.15) is 0 Å². The molecule has 0 fully saturated rings. The van der Waals surface area contributed by atoms with E-state index in [4.69, 9.17) is 5.73 Å². The third kappa shape index (κ3) is 3.05. The molecule has 0 amide bonds. The molecule has 0 aromatic heterocycles. The highest BCUT2D eigenvalue weighted by molar-refractivity contribution is 9.10. The molecule has 0 bridgehead atoms. The molecule has 1 rings (SSSR count). The SMILES string of the molecule is CCC(CC)c1ccc(C(C)N)cc1Br. The lowest BCUT2D eigenvalue weighted by atomic mass is 9.92. The minimum atomic E-state index is 0.108. The van der Waals surface area contributed by atoms with E-state index in [1.54, 1.807) is 0 Å². The van der Waals surface area contributed by atoms with Crippen LogP contribution in [0.2, 0.25) is 0 Å². The monoisotopic (exact) mass is 269 g/mol. The van der Waals surface area contributed by atoms with Crippen LogP contribution in [0.25, 0.3) is 0 Å². The van der Waals surface area contributed by atoms with E-state index in [0.29, 0.717) is 5.92 Å². The van der Waals surface area contributed by atoms with Gasteiger partial charge < -0.3 is 5.73 Å². The van der Waals surface area contributed by atoms with Crippen LogP contribution < -0.4 is 5.73 Å². The van der Waals surface area contributed by atoms with Gasteiger partial charge in [0, 0.05) is 10.5 Å². The molecule has 1 unspecified atom stereocenters. The lowest BCUT2D eigenvalue weighted by Crippen LogP contribution is -2.06. The first kappa shape index (κ1) is 12.7. The number of rotatable bonds is 4. The Labute approximate surface area is 101 Å². The van der Waals surface area contributed by atoms with Gasteiger partial charge in [0.2, 0.25) is 0 Å². The fraction of sp³-hybridized carbons (Fsp3) is 0.538. The van der Waals surface area contributed by atoms with Gasteiger partial charge in [0.15, 0.2) is 0 Å². The van der Waals surface area contributed by atoms with E-state index >= 15 is 0 Å². The third-order valence-electron chi connectivity index (χ3n) is 2.98. The van der Waals surface area contributed by atoms with Crippen molar-refractivity contribution in [1.82, 2.24) is 0 Å². The number of hydrogen-bond donors (Lipinski definition) is 1. The first-order chi connectivity index (χ1) is 7.10. The summed E-state index contributed by atoms with van der Waals surface area (Å²) in [7, 11) is 0. The number of benzene rings is 1. The van der Waals surface area contributed by atoms with Crippen LogP contribution in [0.3, 0.4) is 0 Å². The van der Waals surface area contributed by atoms with Crippen molar-refractivity contribution >= 4 is 15.9 Å². The number of hydrogen-bond acceptors (Lipinski definition) is 1. The predicted octanol–water partition coefficient (Wildman–Crippen LogP) is 4.37. The Morgan fingerprint density at radius 1 is 1.27 bits per heavy atom. The van der Waals surface area contributed by atoms with Crippen molar-refractivity contribution < 1.29 is 0 Å². The van der Waals surface area contributed by atoms with Crippen molar-refractivity contribution in [2.75, 3.05) is 0 Å². The Kier molecular flexibility index (Phi) is 4.81. The maximum Gasteiger partial charge on any atom is 0.0266 e. The molecule has 1 nitrogen and oxygen atoms in total. The summed E-state index contributed by atoms with van der Waals surface area (Å²) in [5, 5.41) is 0. The zero-order valence-corrected chi connectivity index (χ0v) is 11.3. The maximum absolute atomic E-state index is 5.85. The standard InChI is InChI=1S/C13H20BrN/c1-4-10(5-2)12-7-6-11(9(3)15)8-13(12)14/h6-10H,4-5,15H2,1-3H3. The third-order valence-corrected chi connectivity index (χ3v) is 3.66. The molecule has 84 valence electrons. The first-order valence-corrected chi connectivity index (χ1v) is 6.44. The van der Waals surface area contributed by atoms with Crippen LogP contribution in [0, 0.1) is 0 Å². The van der Waals surface area contributed by atoms with E-state index in [1.165, 1.54) is 28.4 Å². The van der Waals surface area contributed by atoms with Gasteiger partial charge in [0.05, 0.1) is 0 Å². The Hall–Kier alpha value is -0.340. The summed E-state index contributed by atoms with van der Waals surface area (Å²) in [6, 6.07) is 6.61. The van der Waals surface area contributed by atoms with E-state index < -0.39 is 0 Å². The van der Waals surface area contributed by atoms with Crippen molar-refractivity contribution in [3.05, 3.63) is 33.8 Å². The average molecular weight is 270 g/mol. The van der Waals surface area contributed by atoms with E-state index in [-0.39, 0.29) is 6.04 Å². The molecule has 0 saturated carbocycles. The van der Waals surface area contributed by atoms with Crippen LogP contribution in [-0.4, -0.2) is 0 Å². The van der Waals surface area contributed by atoms with E-state index in [9.17, 15) is 0 Å². The van der Waals surface area contributed by atoms with E-state index in [0.717, 1.165) is 0 Å². The van der Waals surface area contributed by atoms with Gasteiger partial charge in [0.25, 0.3) is 0 Å². The molecule has 0 saturated heterocycles. The highest BCUT2D eigenvalue weighted by Crippen LogP contribution is 2.31. The van der Waals surface area contributed by atoms with Crippen LogP contribution in [0.15, 0.2) is 22.7 Å². The smallest absolute Gasteiger partial charge is 0.0266 e. The second kappa shape index (κ2) is 5.66. The Morgan fingerprint density at radius 3 is 2.27 bits per heavy atom. The quantitative estimate of drug-likeness (QED) is 0.863. The molecule has 0 aliphatic heterocycles. The highest BCUT2D eigenvalue weighted by Gasteiger charge is 2.11. The van der Waals surface area contributed by atoms with Crippen LogP contribution in [0.1, 0.15) is 56.7 Å². The number of nitrogens with two attached hydrogens (primary N) is 1. The van der Waals surface area contributed by atoms with Crippen molar-refractivity contribution in [2.45, 2.75) is 45.6 Å².